The van der Waals surface area contributed by atoms with E-state index >= 15 is 0 Å². The van der Waals surface area contributed by atoms with Gasteiger partial charge in [-0.1, -0.05) is 32.9 Å². The lowest BCUT2D eigenvalue weighted by Crippen LogP contribution is -2.18. The van der Waals surface area contributed by atoms with Gasteiger partial charge in [-0.05, 0) is 25.9 Å². The Morgan fingerprint density at radius 1 is 1.44 bits per heavy atom. The molecule has 1 aromatic rings. The summed E-state index contributed by atoms with van der Waals surface area (Å²) in [4.78, 5) is 0. The van der Waals surface area contributed by atoms with Crippen LogP contribution in [-0.2, 0) is 11.8 Å². The Morgan fingerprint density at radius 3 is 2.50 bits per heavy atom. The molecule has 16 heavy (non-hydrogen) atoms. The molecular formula is C12H23ClN2O. The Morgan fingerprint density at radius 2 is 2.06 bits per heavy atom. The van der Waals surface area contributed by atoms with Gasteiger partial charge in [0.15, 0.2) is 0 Å². The van der Waals surface area contributed by atoms with Gasteiger partial charge in [-0.15, -0.1) is 12.4 Å². The molecule has 1 atom stereocenters. The minimum Gasteiger partial charge on any atom is -0.361 e. The highest BCUT2D eigenvalue weighted by Gasteiger charge is 2.20. The number of nitrogens with zero attached hydrogens (tertiary/aromatic N) is 1. The molecule has 0 fully saturated rings. The average molecular weight is 247 g/mol. The monoisotopic (exact) mass is 246 g/mol. The highest BCUT2D eigenvalue weighted by Crippen LogP contribution is 2.23. The summed E-state index contributed by atoms with van der Waals surface area (Å²) >= 11 is 0. The first-order valence-corrected chi connectivity index (χ1v) is 5.54. The van der Waals surface area contributed by atoms with Gasteiger partial charge in [-0.25, -0.2) is 0 Å². The summed E-state index contributed by atoms with van der Waals surface area (Å²) in [5.41, 5.74) is 1.11. The van der Waals surface area contributed by atoms with Crippen LogP contribution in [0, 0.1) is 5.92 Å². The van der Waals surface area contributed by atoms with E-state index in [0.717, 1.165) is 24.4 Å². The SMILES string of the molecule is CNCC(C)Cc1cc(C(C)(C)C)on1.Cl. The predicted octanol–water partition coefficient (Wildman–Crippen LogP) is 2.79. The normalized spacial score (nSPS) is 13.3. The van der Waals surface area contributed by atoms with E-state index in [2.05, 4.69) is 44.2 Å². The van der Waals surface area contributed by atoms with Crippen molar-refractivity contribution in [2.24, 2.45) is 5.92 Å². The summed E-state index contributed by atoms with van der Waals surface area (Å²) in [5.74, 6) is 1.56. The van der Waals surface area contributed by atoms with Gasteiger partial charge in [-0.2, -0.15) is 0 Å². The van der Waals surface area contributed by atoms with Crippen LogP contribution in [0.5, 0.6) is 0 Å². The fourth-order valence-electron chi connectivity index (χ4n) is 1.54. The molecule has 1 unspecified atom stereocenters. The van der Waals surface area contributed by atoms with Crippen molar-refractivity contribution >= 4 is 12.4 Å². The molecule has 94 valence electrons. The summed E-state index contributed by atoms with van der Waals surface area (Å²) in [6.45, 7) is 9.62. The second-order valence-corrected chi connectivity index (χ2v) is 5.30. The number of rotatable bonds is 4. The van der Waals surface area contributed by atoms with Crippen molar-refractivity contribution in [2.45, 2.75) is 39.5 Å². The van der Waals surface area contributed by atoms with Crippen molar-refractivity contribution in [3.8, 4) is 0 Å². The molecule has 0 spiro atoms. The number of halogens is 1. The third kappa shape index (κ3) is 4.54. The smallest absolute Gasteiger partial charge is 0.142 e. The van der Waals surface area contributed by atoms with Crippen LogP contribution in [0.3, 0.4) is 0 Å². The van der Waals surface area contributed by atoms with E-state index in [0.29, 0.717) is 5.92 Å². The van der Waals surface area contributed by atoms with Crippen LogP contribution in [0.15, 0.2) is 10.6 Å². The van der Waals surface area contributed by atoms with E-state index in [4.69, 9.17) is 4.52 Å². The maximum Gasteiger partial charge on any atom is 0.142 e. The third-order valence-electron chi connectivity index (χ3n) is 2.41. The molecule has 1 aromatic heterocycles. The van der Waals surface area contributed by atoms with E-state index in [1.807, 2.05) is 7.05 Å². The Kier molecular flexibility index (Phi) is 6.05. The first-order valence-electron chi connectivity index (χ1n) is 5.54. The van der Waals surface area contributed by atoms with Crippen molar-refractivity contribution in [2.75, 3.05) is 13.6 Å². The zero-order chi connectivity index (χ0) is 11.5. The molecule has 3 nitrogen and oxygen atoms in total. The lowest BCUT2D eigenvalue weighted by atomic mass is 9.92. The van der Waals surface area contributed by atoms with Crippen LogP contribution in [0.1, 0.15) is 39.1 Å². The molecule has 4 heteroatoms. The van der Waals surface area contributed by atoms with Gasteiger partial charge in [0.05, 0.1) is 5.69 Å². The molecule has 0 amide bonds. The lowest BCUT2D eigenvalue weighted by Gasteiger charge is -2.12. The fraction of sp³-hybridized carbons (Fsp3) is 0.750. The zero-order valence-electron chi connectivity index (χ0n) is 10.8. The van der Waals surface area contributed by atoms with Crippen molar-refractivity contribution in [3.05, 3.63) is 17.5 Å². The number of nitrogens with one attached hydrogen (secondary N) is 1. The van der Waals surface area contributed by atoms with Gasteiger partial charge in [-0.3, -0.25) is 0 Å². The maximum absolute atomic E-state index is 5.34. The van der Waals surface area contributed by atoms with Crippen molar-refractivity contribution in [3.63, 3.8) is 0 Å². The van der Waals surface area contributed by atoms with E-state index in [1.165, 1.54) is 0 Å². The van der Waals surface area contributed by atoms with Crippen LogP contribution in [-0.4, -0.2) is 18.7 Å². The number of hydrogen-bond donors (Lipinski definition) is 1. The molecule has 0 aliphatic carbocycles. The largest absolute Gasteiger partial charge is 0.361 e. The first kappa shape index (κ1) is 15.5. The third-order valence-corrected chi connectivity index (χ3v) is 2.41. The molecule has 0 saturated carbocycles. The Hall–Kier alpha value is -0.540. The quantitative estimate of drug-likeness (QED) is 0.888. The number of hydrogen-bond acceptors (Lipinski definition) is 3. The molecule has 0 saturated heterocycles. The van der Waals surface area contributed by atoms with Crippen LogP contribution in [0.2, 0.25) is 0 Å². The van der Waals surface area contributed by atoms with Crippen LogP contribution in [0.25, 0.3) is 0 Å². The van der Waals surface area contributed by atoms with Gasteiger partial charge in [0.25, 0.3) is 0 Å². The van der Waals surface area contributed by atoms with Gasteiger partial charge in [0.2, 0.25) is 0 Å². The van der Waals surface area contributed by atoms with Crippen molar-refractivity contribution in [1.82, 2.24) is 10.5 Å². The van der Waals surface area contributed by atoms with Crippen LogP contribution in [0.4, 0.5) is 0 Å². The van der Waals surface area contributed by atoms with E-state index in [9.17, 15) is 0 Å². The Bertz CT molecular complexity index is 304. The van der Waals surface area contributed by atoms with Crippen LogP contribution >= 0.6 is 12.4 Å². The van der Waals surface area contributed by atoms with Gasteiger partial charge >= 0.3 is 0 Å². The molecule has 0 bridgehead atoms. The topological polar surface area (TPSA) is 38.1 Å². The highest BCUT2D eigenvalue weighted by atomic mass is 35.5. The zero-order valence-corrected chi connectivity index (χ0v) is 11.6. The lowest BCUT2D eigenvalue weighted by molar-refractivity contribution is 0.324. The summed E-state index contributed by atoms with van der Waals surface area (Å²) in [6, 6.07) is 2.08. The summed E-state index contributed by atoms with van der Waals surface area (Å²) < 4.78 is 5.34. The summed E-state index contributed by atoms with van der Waals surface area (Å²) in [7, 11) is 1.97. The standard InChI is InChI=1S/C12H22N2O.ClH/c1-9(8-13-5)6-10-7-11(15-14-10)12(2,3)4;/h7,9,13H,6,8H2,1-5H3;1H. The molecule has 0 radical (unpaired) electrons. The van der Waals surface area contributed by atoms with E-state index < -0.39 is 0 Å². The van der Waals surface area contributed by atoms with Gasteiger partial charge < -0.3 is 9.84 Å². The molecule has 1 N–H and O–H groups in total. The molecule has 0 aliphatic rings. The molecule has 1 rings (SSSR count). The van der Waals surface area contributed by atoms with Crippen molar-refractivity contribution in [1.29, 1.82) is 0 Å². The second-order valence-electron chi connectivity index (χ2n) is 5.30. The first-order chi connectivity index (χ1) is 6.93. The second kappa shape index (κ2) is 6.26. The molecule has 0 aromatic carbocycles. The van der Waals surface area contributed by atoms with Gasteiger partial charge in [0, 0.05) is 11.5 Å². The minimum absolute atomic E-state index is 0. The highest BCUT2D eigenvalue weighted by molar-refractivity contribution is 5.85. The summed E-state index contributed by atoms with van der Waals surface area (Å²) in [6.07, 6.45) is 0.973. The molecule has 0 aliphatic heterocycles. The minimum atomic E-state index is 0. The maximum atomic E-state index is 5.34. The number of aromatic nitrogens is 1. The van der Waals surface area contributed by atoms with Crippen LogP contribution < -0.4 is 5.32 Å². The molecule has 1 heterocycles. The summed E-state index contributed by atoms with van der Waals surface area (Å²) in [5, 5.41) is 7.27. The van der Waals surface area contributed by atoms with Crippen molar-refractivity contribution < 1.29 is 4.52 Å². The predicted molar refractivity (Wildman–Crippen MR) is 69.2 cm³/mol. The average Bonchev–Trinajstić information content (AvgIpc) is 2.52. The van der Waals surface area contributed by atoms with E-state index in [1.54, 1.807) is 0 Å². The van der Waals surface area contributed by atoms with Gasteiger partial charge in [0.1, 0.15) is 5.76 Å². The fourth-order valence-corrected chi connectivity index (χ4v) is 1.54. The Balaban J connectivity index is 0.00000225. The Labute approximate surface area is 104 Å². The molecular weight excluding hydrogens is 224 g/mol. The van der Waals surface area contributed by atoms with E-state index in [-0.39, 0.29) is 17.8 Å².